The molecule has 0 radical (unpaired) electrons. The number of benzene rings is 1. The number of nitrogens with one attached hydrogen (secondary N) is 1. The minimum Gasteiger partial charge on any atom is -0.420 e. The maximum absolute atomic E-state index is 14.3. The second-order valence-corrected chi connectivity index (χ2v) is 11.3. The molecule has 2 aliphatic rings. The molecule has 236 valence electrons. The molecule has 1 aromatic carbocycles. The number of anilines is 3. The fourth-order valence-electron chi connectivity index (χ4n) is 5.53. The number of halogens is 4. The summed E-state index contributed by atoms with van der Waals surface area (Å²) >= 11 is 4.82. The quantitative estimate of drug-likeness (QED) is 0.221. The number of aromatic nitrogens is 6. The largest absolute Gasteiger partial charge is 0.487 e. The topological polar surface area (TPSA) is 161 Å². The van der Waals surface area contributed by atoms with Gasteiger partial charge in [0.2, 0.25) is 0 Å². The maximum atomic E-state index is 14.3. The van der Waals surface area contributed by atoms with Gasteiger partial charge in [-0.15, -0.1) is 8.78 Å². The highest BCUT2D eigenvalue weighted by molar-refractivity contribution is 6.20. The minimum atomic E-state index is -3.88. The summed E-state index contributed by atoms with van der Waals surface area (Å²) in [5, 5.41) is 16.4. The number of rotatable bonds is 7. The van der Waals surface area contributed by atoms with Crippen molar-refractivity contribution >= 4 is 34.8 Å². The van der Waals surface area contributed by atoms with Gasteiger partial charge in [-0.25, -0.2) is 24.0 Å². The van der Waals surface area contributed by atoms with Crippen LogP contribution in [-0.2, 0) is 6.42 Å². The molecule has 7 rings (SSSR count). The first-order valence-electron chi connectivity index (χ1n) is 14.2. The van der Waals surface area contributed by atoms with E-state index in [1.54, 1.807) is 17.2 Å². The molecule has 3 N–H and O–H groups in total. The van der Waals surface area contributed by atoms with Crippen molar-refractivity contribution in [2.75, 3.05) is 29.0 Å². The molecule has 1 aliphatic heterocycles. The second-order valence-electron chi connectivity index (χ2n) is 10.9. The van der Waals surface area contributed by atoms with Crippen LogP contribution in [0.4, 0.5) is 30.5 Å². The fourth-order valence-corrected chi connectivity index (χ4v) is 5.62. The van der Waals surface area contributed by atoms with Crippen molar-refractivity contribution in [3.63, 3.8) is 0 Å². The summed E-state index contributed by atoms with van der Waals surface area (Å²) in [7, 11) is 0. The lowest BCUT2D eigenvalue weighted by atomic mass is 10.0. The van der Waals surface area contributed by atoms with Gasteiger partial charge in [-0.1, -0.05) is 0 Å². The van der Waals surface area contributed by atoms with Crippen LogP contribution in [0.3, 0.4) is 0 Å². The third-order valence-electron chi connectivity index (χ3n) is 7.71. The van der Waals surface area contributed by atoms with E-state index in [-0.39, 0.29) is 29.4 Å². The van der Waals surface area contributed by atoms with E-state index in [0.29, 0.717) is 53.5 Å². The zero-order chi connectivity index (χ0) is 32.9. The van der Waals surface area contributed by atoms with Crippen LogP contribution < -0.4 is 20.7 Å². The van der Waals surface area contributed by atoms with Gasteiger partial charge in [0, 0.05) is 64.9 Å². The van der Waals surface area contributed by atoms with E-state index in [1.807, 2.05) is 18.3 Å². The number of hydrogen-bond acceptors (Lipinski definition) is 10. The van der Waals surface area contributed by atoms with Crippen LogP contribution >= 0.6 is 11.6 Å². The smallest absolute Gasteiger partial charge is 0.420 e. The van der Waals surface area contributed by atoms with Crippen LogP contribution in [0.1, 0.15) is 33.6 Å². The summed E-state index contributed by atoms with van der Waals surface area (Å²) in [5.41, 5.74) is 7.28. The zero-order valence-corrected chi connectivity index (χ0v) is 24.9. The van der Waals surface area contributed by atoms with Crippen LogP contribution in [-0.4, -0.2) is 60.5 Å². The number of fused-ring (bicyclic) bond motifs is 3. The van der Waals surface area contributed by atoms with Crippen molar-refractivity contribution in [2.24, 2.45) is 0 Å². The predicted molar refractivity (Wildman–Crippen MR) is 165 cm³/mol. The average Bonchev–Trinajstić information content (AvgIpc) is 3.75. The van der Waals surface area contributed by atoms with Crippen molar-refractivity contribution in [1.29, 1.82) is 5.26 Å². The molecule has 47 heavy (non-hydrogen) atoms. The van der Waals surface area contributed by atoms with Crippen LogP contribution in [0.25, 0.3) is 28.3 Å². The molecule has 1 fully saturated rings. The molecule has 1 amide bonds. The first kappa shape index (κ1) is 29.9. The SMILES string of the molecule is N#Cc1cnc(-n2cc3c(n2)-c2cc(-c4cc(C(=O)Nc5ccc(OC(F)(F)Cl)cc5)c(N)nc4N4CC[C@@H](F)C4)cnc2C3)nc1. The summed E-state index contributed by atoms with van der Waals surface area (Å²) in [6, 6.07) is 10.6. The van der Waals surface area contributed by atoms with Crippen LogP contribution in [0.15, 0.2) is 61.2 Å². The summed E-state index contributed by atoms with van der Waals surface area (Å²) < 4.78 is 46.1. The highest BCUT2D eigenvalue weighted by Gasteiger charge is 2.30. The van der Waals surface area contributed by atoms with Gasteiger partial charge >= 0.3 is 5.57 Å². The number of alkyl halides is 4. The van der Waals surface area contributed by atoms with E-state index in [4.69, 9.17) is 22.6 Å². The summed E-state index contributed by atoms with van der Waals surface area (Å²) in [4.78, 5) is 32.8. The molecule has 12 nitrogen and oxygen atoms in total. The molecule has 4 aromatic heterocycles. The van der Waals surface area contributed by atoms with E-state index in [9.17, 15) is 18.0 Å². The Hall–Kier alpha value is -5.75. The Bertz CT molecular complexity index is 2060. The number of nitriles is 1. The molecular formula is C31H22ClF3N10O2. The second kappa shape index (κ2) is 11.6. The van der Waals surface area contributed by atoms with Crippen molar-refractivity contribution < 1.29 is 22.7 Å². The van der Waals surface area contributed by atoms with Crippen LogP contribution in [0, 0.1) is 11.3 Å². The highest BCUT2D eigenvalue weighted by atomic mass is 35.5. The Morgan fingerprint density at radius 1 is 1.13 bits per heavy atom. The van der Waals surface area contributed by atoms with Crippen molar-refractivity contribution in [3.05, 3.63) is 83.6 Å². The van der Waals surface area contributed by atoms with Gasteiger partial charge in [0.25, 0.3) is 11.9 Å². The Labute approximate surface area is 269 Å². The fraction of sp³-hybridized carbons (Fsp3) is 0.194. The number of amides is 1. The van der Waals surface area contributed by atoms with Gasteiger partial charge in [0.1, 0.15) is 29.6 Å². The molecule has 1 atom stereocenters. The van der Waals surface area contributed by atoms with Crippen molar-refractivity contribution in [2.45, 2.75) is 24.6 Å². The standard InChI is InChI=1S/C31H22ClF3N10O2/c32-31(34,35)47-21-3-1-20(2-4-21)41-29(46)24-9-22(28(42-27(24)37)44-6-5-19(33)15-44)17-7-23-25(38-13-17)8-18-14-45(43-26(18)23)30-39-11-16(10-36)12-40-30/h1-4,7,9,11-14,19H,5-6,8,15H2,(H2,37,42)(H,41,46)/t19-/m1/s1. The molecule has 0 saturated carbocycles. The molecule has 5 heterocycles. The third kappa shape index (κ3) is 5.98. The van der Waals surface area contributed by atoms with Gasteiger partial charge in [0.05, 0.1) is 41.5 Å². The predicted octanol–water partition coefficient (Wildman–Crippen LogP) is 5.11. The van der Waals surface area contributed by atoms with Gasteiger partial charge in [-0.2, -0.15) is 10.4 Å². The Morgan fingerprint density at radius 2 is 1.89 bits per heavy atom. The number of ether oxygens (including phenoxy) is 1. The molecule has 0 bridgehead atoms. The van der Waals surface area contributed by atoms with Crippen LogP contribution in [0.2, 0.25) is 0 Å². The minimum absolute atomic E-state index is 0.0378. The van der Waals surface area contributed by atoms with Gasteiger partial charge in [-0.05, 0) is 42.8 Å². The van der Waals surface area contributed by atoms with Crippen LogP contribution in [0.5, 0.6) is 5.75 Å². The molecule has 16 heteroatoms. The number of carbonyl (C=O) groups is 1. The normalized spacial score (nSPS) is 15.2. The molecule has 1 saturated heterocycles. The molecule has 5 aromatic rings. The number of nitrogens with two attached hydrogens (primary N) is 1. The number of carbonyl (C=O) groups excluding carboxylic acids is 1. The molecule has 0 unspecified atom stereocenters. The zero-order valence-electron chi connectivity index (χ0n) is 24.2. The lowest BCUT2D eigenvalue weighted by molar-refractivity contribution is -0.0964. The van der Waals surface area contributed by atoms with Gasteiger partial charge < -0.3 is 20.7 Å². The third-order valence-corrected chi connectivity index (χ3v) is 7.79. The highest BCUT2D eigenvalue weighted by Crippen LogP contribution is 2.40. The number of nitrogen functional groups attached to an aromatic ring is 1. The first-order valence-corrected chi connectivity index (χ1v) is 14.6. The molecular weight excluding hydrogens is 637 g/mol. The number of nitrogens with zero attached hydrogens (tertiary/aromatic N) is 8. The Kier molecular flexibility index (Phi) is 7.36. The first-order chi connectivity index (χ1) is 22.5. The van der Waals surface area contributed by atoms with E-state index < -0.39 is 17.6 Å². The van der Waals surface area contributed by atoms with Gasteiger partial charge in [0.15, 0.2) is 0 Å². The summed E-state index contributed by atoms with van der Waals surface area (Å²) in [5.74, 6) is -0.184. The summed E-state index contributed by atoms with van der Waals surface area (Å²) in [6.45, 7) is 0.512. The molecule has 0 spiro atoms. The van der Waals surface area contributed by atoms with E-state index in [2.05, 4.69) is 35.1 Å². The van der Waals surface area contributed by atoms with Crippen molar-refractivity contribution in [1.82, 2.24) is 29.7 Å². The molecule has 1 aliphatic carbocycles. The van der Waals surface area contributed by atoms with Crippen molar-refractivity contribution in [3.8, 4) is 40.2 Å². The van der Waals surface area contributed by atoms with E-state index >= 15 is 0 Å². The van der Waals surface area contributed by atoms with E-state index in [0.717, 1.165) is 16.8 Å². The van der Waals surface area contributed by atoms with Gasteiger partial charge in [-0.3, -0.25) is 9.78 Å². The lowest BCUT2D eigenvalue weighted by Gasteiger charge is -2.22. The lowest BCUT2D eigenvalue weighted by Crippen LogP contribution is -2.24. The van der Waals surface area contributed by atoms with E-state index in [1.165, 1.54) is 41.3 Å². The Morgan fingerprint density at radius 3 is 2.57 bits per heavy atom. The number of hydrogen-bond donors (Lipinski definition) is 2. The average molecular weight is 659 g/mol. The Balaban J connectivity index is 1.23. The monoisotopic (exact) mass is 658 g/mol. The maximum Gasteiger partial charge on any atom is 0.487 e. The number of pyridine rings is 2. The summed E-state index contributed by atoms with van der Waals surface area (Å²) in [6.07, 6.45) is 6.09.